The average molecular weight is 310 g/mol. The van der Waals surface area contributed by atoms with Gasteiger partial charge in [0.25, 0.3) is 0 Å². The van der Waals surface area contributed by atoms with Gasteiger partial charge in [0.15, 0.2) is 12.2 Å². The van der Waals surface area contributed by atoms with E-state index in [0.717, 1.165) is 0 Å². The molecule has 0 aliphatic rings. The number of aliphatic hydroxyl groups is 2. The SMILES string of the molecule is O=C(O)C(O)C(O)C(=O)O.c1cncnc1.c1cncnc1. The summed E-state index contributed by atoms with van der Waals surface area (Å²) in [5.74, 6) is -3.54. The van der Waals surface area contributed by atoms with Crippen LogP contribution in [-0.2, 0) is 9.59 Å². The van der Waals surface area contributed by atoms with E-state index in [0.29, 0.717) is 0 Å². The Morgan fingerprint density at radius 1 is 0.682 bits per heavy atom. The second-order valence-electron chi connectivity index (χ2n) is 3.37. The van der Waals surface area contributed by atoms with Crippen molar-refractivity contribution < 1.29 is 30.0 Å². The van der Waals surface area contributed by atoms with E-state index in [1.165, 1.54) is 12.7 Å². The van der Waals surface area contributed by atoms with Gasteiger partial charge in [-0.1, -0.05) is 0 Å². The summed E-state index contributed by atoms with van der Waals surface area (Å²) >= 11 is 0. The number of hydrogen-bond acceptors (Lipinski definition) is 8. The van der Waals surface area contributed by atoms with Gasteiger partial charge >= 0.3 is 11.9 Å². The Bertz CT molecular complexity index is 425. The summed E-state index contributed by atoms with van der Waals surface area (Å²) in [6, 6.07) is 3.56. The van der Waals surface area contributed by atoms with Gasteiger partial charge in [-0.2, -0.15) is 0 Å². The van der Waals surface area contributed by atoms with Gasteiger partial charge < -0.3 is 20.4 Å². The van der Waals surface area contributed by atoms with Crippen LogP contribution in [0.2, 0.25) is 0 Å². The largest absolute Gasteiger partial charge is 0.479 e. The molecule has 0 amide bonds. The topological polar surface area (TPSA) is 167 Å². The molecule has 0 fully saturated rings. The van der Waals surface area contributed by atoms with Crippen molar-refractivity contribution in [2.24, 2.45) is 0 Å². The van der Waals surface area contributed by atoms with Crippen LogP contribution in [0.25, 0.3) is 0 Å². The first-order valence-electron chi connectivity index (χ1n) is 5.68. The number of carboxylic acids is 2. The van der Waals surface area contributed by atoms with E-state index in [1.54, 1.807) is 36.9 Å². The van der Waals surface area contributed by atoms with Crippen molar-refractivity contribution in [3.8, 4) is 0 Å². The molecule has 2 aromatic heterocycles. The molecule has 0 saturated heterocycles. The van der Waals surface area contributed by atoms with Crippen molar-refractivity contribution in [1.82, 2.24) is 19.9 Å². The molecule has 0 aliphatic carbocycles. The Hall–Kier alpha value is -2.98. The van der Waals surface area contributed by atoms with Crippen molar-refractivity contribution in [1.29, 1.82) is 0 Å². The van der Waals surface area contributed by atoms with Crippen molar-refractivity contribution in [2.75, 3.05) is 0 Å². The lowest BCUT2D eigenvalue weighted by Crippen LogP contribution is -2.39. The maximum Gasteiger partial charge on any atom is 0.335 e. The first kappa shape index (κ1) is 19.0. The highest BCUT2D eigenvalue weighted by molar-refractivity contribution is 5.83. The lowest BCUT2D eigenvalue weighted by molar-refractivity contribution is -0.165. The molecular formula is C12H14N4O6. The van der Waals surface area contributed by atoms with Crippen molar-refractivity contribution in [3.05, 3.63) is 49.6 Å². The molecule has 22 heavy (non-hydrogen) atoms. The minimum Gasteiger partial charge on any atom is -0.479 e. The van der Waals surface area contributed by atoms with E-state index >= 15 is 0 Å². The number of hydrogen-bond donors (Lipinski definition) is 4. The number of nitrogens with zero attached hydrogens (tertiary/aromatic N) is 4. The Morgan fingerprint density at radius 2 is 0.955 bits per heavy atom. The Labute approximate surface area is 124 Å². The summed E-state index contributed by atoms with van der Waals surface area (Å²) in [7, 11) is 0. The van der Waals surface area contributed by atoms with Gasteiger partial charge in [0, 0.05) is 24.8 Å². The van der Waals surface area contributed by atoms with Gasteiger partial charge in [-0.25, -0.2) is 29.5 Å². The van der Waals surface area contributed by atoms with Gasteiger partial charge in [-0.05, 0) is 12.1 Å². The third-order valence-electron chi connectivity index (χ3n) is 1.76. The van der Waals surface area contributed by atoms with E-state index < -0.39 is 24.1 Å². The quantitative estimate of drug-likeness (QED) is 0.542. The van der Waals surface area contributed by atoms with Crippen LogP contribution >= 0.6 is 0 Å². The number of aliphatic hydroxyl groups excluding tert-OH is 2. The Balaban J connectivity index is 0.000000315. The van der Waals surface area contributed by atoms with Crippen LogP contribution in [0.5, 0.6) is 0 Å². The highest BCUT2D eigenvalue weighted by Crippen LogP contribution is 1.92. The Morgan fingerprint density at radius 3 is 1.05 bits per heavy atom. The van der Waals surface area contributed by atoms with Crippen molar-refractivity contribution >= 4 is 11.9 Å². The summed E-state index contributed by atoms with van der Waals surface area (Å²) in [5.41, 5.74) is 0. The van der Waals surface area contributed by atoms with Gasteiger partial charge in [-0.15, -0.1) is 0 Å². The van der Waals surface area contributed by atoms with Gasteiger partial charge in [0.2, 0.25) is 0 Å². The van der Waals surface area contributed by atoms with Crippen LogP contribution in [0.15, 0.2) is 49.6 Å². The maximum atomic E-state index is 9.77. The van der Waals surface area contributed by atoms with E-state index in [-0.39, 0.29) is 0 Å². The minimum absolute atomic E-state index is 1.50. The number of carboxylic acid groups (broad SMARTS) is 2. The predicted molar refractivity (Wildman–Crippen MR) is 71.3 cm³/mol. The molecule has 10 nitrogen and oxygen atoms in total. The number of carbonyl (C=O) groups is 2. The molecule has 2 aromatic rings. The number of rotatable bonds is 3. The molecule has 0 aromatic carbocycles. The fourth-order valence-electron chi connectivity index (χ4n) is 0.777. The molecule has 118 valence electrons. The first-order chi connectivity index (χ1) is 10.5. The Kier molecular flexibility index (Phi) is 10.2. The third-order valence-corrected chi connectivity index (χ3v) is 1.76. The molecule has 0 saturated carbocycles. The highest BCUT2D eigenvalue weighted by Gasteiger charge is 2.29. The van der Waals surface area contributed by atoms with Gasteiger partial charge in [0.05, 0.1) is 0 Å². The number of aromatic nitrogens is 4. The fraction of sp³-hybridized carbons (Fsp3) is 0.167. The number of aliphatic carboxylic acids is 2. The zero-order chi connectivity index (χ0) is 16.8. The van der Waals surface area contributed by atoms with E-state index in [1.807, 2.05) is 0 Å². The summed E-state index contributed by atoms with van der Waals surface area (Å²) in [6.07, 6.45) is 5.22. The van der Waals surface area contributed by atoms with Crippen LogP contribution in [0, 0.1) is 0 Å². The van der Waals surface area contributed by atoms with Crippen LogP contribution < -0.4 is 0 Å². The fourth-order valence-corrected chi connectivity index (χ4v) is 0.777. The first-order valence-corrected chi connectivity index (χ1v) is 5.68. The second kappa shape index (κ2) is 11.8. The molecule has 2 atom stereocenters. The van der Waals surface area contributed by atoms with E-state index in [9.17, 15) is 9.59 Å². The van der Waals surface area contributed by atoms with Crippen LogP contribution in [0.3, 0.4) is 0 Å². The molecule has 2 heterocycles. The van der Waals surface area contributed by atoms with Crippen molar-refractivity contribution in [2.45, 2.75) is 12.2 Å². The summed E-state index contributed by atoms with van der Waals surface area (Å²) in [4.78, 5) is 34.2. The summed E-state index contributed by atoms with van der Waals surface area (Å²) < 4.78 is 0. The predicted octanol–water partition coefficient (Wildman–Crippen LogP) is -1.17. The maximum absolute atomic E-state index is 9.77. The molecule has 0 radical (unpaired) electrons. The standard InChI is InChI=1S/2C4H4N2.C4H6O6/c2*1-2-5-4-6-3-1;5-1(3(7)8)2(6)4(9)10/h2*1-4H;1-2,5-6H,(H,7,8)(H,9,10). The summed E-state index contributed by atoms with van der Waals surface area (Å²) in [5, 5.41) is 32.5. The molecule has 0 bridgehead atoms. The second-order valence-corrected chi connectivity index (χ2v) is 3.37. The third kappa shape index (κ3) is 9.89. The van der Waals surface area contributed by atoms with Crippen LogP contribution in [0.1, 0.15) is 0 Å². The lowest BCUT2D eigenvalue weighted by atomic mass is 10.2. The summed E-state index contributed by atoms with van der Waals surface area (Å²) in [6.45, 7) is 0. The monoisotopic (exact) mass is 310 g/mol. The molecule has 2 rings (SSSR count). The molecule has 0 aliphatic heterocycles. The zero-order valence-electron chi connectivity index (χ0n) is 11.2. The van der Waals surface area contributed by atoms with Gasteiger partial charge in [0.1, 0.15) is 12.7 Å². The molecule has 2 unspecified atom stereocenters. The minimum atomic E-state index is -2.27. The van der Waals surface area contributed by atoms with Crippen LogP contribution in [-0.4, -0.2) is 64.5 Å². The van der Waals surface area contributed by atoms with Crippen LogP contribution in [0.4, 0.5) is 0 Å². The molecule has 10 heteroatoms. The normalized spacial score (nSPS) is 11.5. The van der Waals surface area contributed by atoms with E-state index in [2.05, 4.69) is 19.9 Å². The molecular weight excluding hydrogens is 296 g/mol. The lowest BCUT2D eigenvalue weighted by Gasteiger charge is -2.07. The zero-order valence-corrected chi connectivity index (χ0v) is 11.2. The van der Waals surface area contributed by atoms with E-state index in [4.69, 9.17) is 20.4 Å². The van der Waals surface area contributed by atoms with Gasteiger partial charge in [-0.3, -0.25) is 0 Å². The average Bonchev–Trinajstić information content (AvgIpc) is 2.57. The molecule has 0 spiro atoms. The highest BCUT2D eigenvalue weighted by atomic mass is 16.4. The van der Waals surface area contributed by atoms with Crippen molar-refractivity contribution in [3.63, 3.8) is 0 Å². The molecule has 4 N–H and O–H groups in total. The smallest absolute Gasteiger partial charge is 0.335 e.